The molecular formula is C13H18F3NO2. The maximum Gasteiger partial charge on any atom is 0.419 e. The van der Waals surface area contributed by atoms with Crippen LogP contribution in [-0.4, -0.2) is 26.4 Å². The molecule has 1 atom stereocenters. The molecule has 6 heteroatoms. The Morgan fingerprint density at radius 2 is 2.00 bits per heavy atom. The average Bonchev–Trinajstić information content (AvgIpc) is 2.36. The highest BCUT2D eigenvalue weighted by Gasteiger charge is 2.34. The maximum atomic E-state index is 12.9. The monoisotopic (exact) mass is 277 g/mol. The van der Waals surface area contributed by atoms with E-state index in [2.05, 4.69) is 0 Å². The molecule has 3 nitrogen and oxygen atoms in total. The first-order chi connectivity index (χ1) is 8.88. The number of ether oxygens (including phenoxy) is 2. The lowest BCUT2D eigenvalue weighted by Gasteiger charge is -2.17. The highest BCUT2D eigenvalue weighted by Crippen LogP contribution is 2.37. The van der Waals surface area contributed by atoms with E-state index >= 15 is 0 Å². The Bertz CT molecular complexity index is 407. The molecule has 0 aliphatic rings. The van der Waals surface area contributed by atoms with E-state index in [9.17, 15) is 13.2 Å². The van der Waals surface area contributed by atoms with Gasteiger partial charge in [-0.15, -0.1) is 0 Å². The summed E-state index contributed by atoms with van der Waals surface area (Å²) in [5, 5.41) is 0. The van der Waals surface area contributed by atoms with Gasteiger partial charge in [-0.3, -0.25) is 0 Å². The molecule has 0 unspecified atom stereocenters. The minimum absolute atomic E-state index is 0.0653. The van der Waals surface area contributed by atoms with Crippen LogP contribution in [0.25, 0.3) is 0 Å². The summed E-state index contributed by atoms with van der Waals surface area (Å²) in [5.41, 5.74) is 5.11. The Morgan fingerprint density at radius 3 is 2.53 bits per heavy atom. The third-order valence-corrected chi connectivity index (χ3v) is 2.66. The van der Waals surface area contributed by atoms with E-state index in [0.717, 1.165) is 6.07 Å². The quantitative estimate of drug-likeness (QED) is 0.869. The molecule has 0 radical (unpaired) electrons. The highest BCUT2D eigenvalue weighted by molar-refractivity contribution is 5.39. The normalized spacial score (nSPS) is 13.4. The molecule has 0 aliphatic carbocycles. The second kappa shape index (κ2) is 6.77. The van der Waals surface area contributed by atoms with E-state index in [-0.39, 0.29) is 18.5 Å². The van der Waals surface area contributed by atoms with Crippen LogP contribution in [-0.2, 0) is 17.3 Å². The Morgan fingerprint density at radius 1 is 1.32 bits per heavy atom. The van der Waals surface area contributed by atoms with Gasteiger partial charge < -0.3 is 15.2 Å². The predicted molar refractivity (Wildman–Crippen MR) is 66.2 cm³/mol. The minimum Gasteiger partial charge on any atom is -0.490 e. The van der Waals surface area contributed by atoms with Crippen molar-refractivity contribution >= 4 is 0 Å². The first kappa shape index (κ1) is 15.8. The standard InChI is InChI=1S/C13H18F3NO2/c1-9(18-2)8-19-12-4-3-10(5-6-17)7-11(12)13(14,15)16/h3-4,7,9H,5-6,8,17H2,1-2H3/t9-/m0/s1. The van der Waals surface area contributed by atoms with Gasteiger partial charge in [-0.25, -0.2) is 0 Å². The number of halogens is 3. The summed E-state index contributed by atoms with van der Waals surface area (Å²) < 4.78 is 48.9. The largest absolute Gasteiger partial charge is 0.490 e. The van der Waals surface area contributed by atoms with Crippen molar-refractivity contribution in [3.8, 4) is 5.75 Å². The minimum atomic E-state index is -4.45. The summed E-state index contributed by atoms with van der Waals surface area (Å²) in [7, 11) is 1.48. The zero-order valence-electron chi connectivity index (χ0n) is 11.0. The topological polar surface area (TPSA) is 44.5 Å². The average molecular weight is 277 g/mol. The second-order valence-electron chi connectivity index (χ2n) is 4.22. The van der Waals surface area contributed by atoms with Gasteiger partial charge >= 0.3 is 6.18 Å². The lowest BCUT2D eigenvalue weighted by Crippen LogP contribution is -2.18. The van der Waals surface area contributed by atoms with Crippen LogP contribution in [0.5, 0.6) is 5.75 Å². The molecule has 0 spiro atoms. The lowest BCUT2D eigenvalue weighted by molar-refractivity contribution is -0.139. The van der Waals surface area contributed by atoms with Gasteiger partial charge in [-0.1, -0.05) is 6.07 Å². The van der Waals surface area contributed by atoms with E-state index in [1.165, 1.54) is 13.2 Å². The fourth-order valence-electron chi connectivity index (χ4n) is 1.52. The molecule has 0 aliphatic heterocycles. The zero-order chi connectivity index (χ0) is 14.5. The second-order valence-corrected chi connectivity index (χ2v) is 4.22. The van der Waals surface area contributed by atoms with Crippen molar-refractivity contribution in [3.05, 3.63) is 29.3 Å². The molecule has 19 heavy (non-hydrogen) atoms. The van der Waals surface area contributed by atoms with Crippen molar-refractivity contribution in [2.75, 3.05) is 20.3 Å². The van der Waals surface area contributed by atoms with E-state index in [4.69, 9.17) is 15.2 Å². The first-order valence-electron chi connectivity index (χ1n) is 5.94. The van der Waals surface area contributed by atoms with Crippen molar-refractivity contribution in [2.45, 2.75) is 25.6 Å². The third kappa shape index (κ3) is 4.72. The zero-order valence-corrected chi connectivity index (χ0v) is 11.0. The fourth-order valence-corrected chi connectivity index (χ4v) is 1.52. The molecular weight excluding hydrogens is 259 g/mol. The van der Waals surface area contributed by atoms with Crippen molar-refractivity contribution in [1.82, 2.24) is 0 Å². The number of methoxy groups -OCH3 is 1. The molecule has 1 aromatic rings. The maximum absolute atomic E-state index is 12.9. The van der Waals surface area contributed by atoms with Gasteiger partial charge in [0.15, 0.2) is 0 Å². The molecule has 0 heterocycles. The van der Waals surface area contributed by atoms with Crippen molar-refractivity contribution in [2.24, 2.45) is 5.73 Å². The van der Waals surface area contributed by atoms with Gasteiger partial charge in [0.25, 0.3) is 0 Å². The molecule has 1 aromatic carbocycles. The van der Waals surface area contributed by atoms with Crippen LogP contribution in [0.15, 0.2) is 18.2 Å². The summed E-state index contributed by atoms with van der Waals surface area (Å²) >= 11 is 0. The van der Waals surface area contributed by atoms with Crippen LogP contribution in [0.1, 0.15) is 18.1 Å². The van der Waals surface area contributed by atoms with Gasteiger partial charge in [0.2, 0.25) is 0 Å². The van der Waals surface area contributed by atoms with Gasteiger partial charge in [0, 0.05) is 7.11 Å². The fraction of sp³-hybridized carbons (Fsp3) is 0.538. The molecule has 0 amide bonds. The van der Waals surface area contributed by atoms with Crippen LogP contribution in [0.4, 0.5) is 13.2 Å². The van der Waals surface area contributed by atoms with Crippen LogP contribution in [0, 0.1) is 0 Å². The van der Waals surface area contributed by atoms with Crippen LogP contribution in [0.2, 0.25) is 0 Å². The smallest absolute Gasteiger partial charge is 0.419 e. The number of nitrogens with two attached hydrogens (primary N) is 1. The third-order valence-electron chi connectivity index (χ3n) is 2.66. The van der Waals surface area contributed by atoms with Crippen molar-refractivity contribution < 1.29 is 22.6 Å². The van der Waals surface area contributed by atoms with E-state index in [1.807, 2.05) is 0 Å². The highest BCUT2D eigenvalue weighted by atomic mass is 19.4. The lowest BCUT2D eigenvalue weighted by atomic mass is 10.1. The van der Waals surface area contributed by atoms with Gasteiger partial charge in [0.05, 0.1) is 11.7 Å². The number of hydrogen-bond acceptors (Lipinski definition) is 3. The van der Waals surface area contributed by atoms with Crippen LogP contribution >= 0.6 is 0 Å². The number of alkyl halides is 3. The first-order valence-corrected chi connectivity index (χ1v) is 5.94. The van der Waals surface area contributed by atoms with Crippen molar-refractivity contribution in [1.29, 1.82) is 0 Å². The Kier molecular flexibility index (Phi) is 5.62. The molecule has 0 saturated heterocycles. The molecule has 2 N–H and O–H groups in total. The van der Waals surface area contributed by atoms with Crippen molar-refractivity contribution in [3.63, 3.8) is 0 Å². The van der Waals surface area contributed by atoms with Gasteiger partial charge in [-0.05, 0) is 37.6 Å². The Balaban J connectivity index is 2.96. The number of hydrogen-bond donors (Lipinski definition) is 1. The van der Waals surface area contributed by atoms with Gasteiger partial charge in [-0.2, -0.15) is 13.2 Å². The number of rotatable bonds is 6. The summed E-state index contributed by atoms with van der Waals surface area (Å²) in [6.07, 6.45) is -4.32. The predicted octanol–water partition coefficient (Wildman–Crippen LogP) is 2.62. The number of benzene rings is 1. The molecule has 0 aromatic heterocycles. The summed E-state index contributed by atoms with van der Waals surface area (Å²) in [4.78, 5) is 0. The molecule has 1 rings (SSSR count). The van der Waals surface area contributed by atoms with E-state index in [1.54, 1.807) is 13.0 Å². The molecule has 0 bridgehead atoms. The molecule has 0 fully saturated rings. The Hall–Kier alpha value is -1.27. The van der Waals surface area contributed by atoms with Gasteiger partial charge in [0.1, 0.15) is 12.4 Å². The summed E-state index contributed by atoms with van der Waals surface area (Å²) in [6, 6.07) is 4.00. The summed E-state index contributed by atoms with van der Waals surface area (Å²) in [5.74, 6) is -0.183. The SMILES string of the molecule is CO[C@@H](C)COc1ccc(CCN)cc1C(F)(F)F. The van der Waals surface area contributed by atoms with E-state index < -0.39 is 11.7 Å². The van der Waals surface area contributed by atoms with E-state index in [0.29, 0.717) is 18.5 Å². The molecule has 0 saturated carbocycles. The molecule has 108 valence electrons. The van der Waals surface area contributed by atoms with Crippen LogP contribution < -0.4 is 10.5 Å². The van der Waals surface area contributed by atoms with Crippen LogP contribution in [0.3, 0.4) is 0 Å². The Labute approximate surface area is 110 Å². The summed E-state index contributed by atoms with van der Waals surface area (Å²) in [6.45, 7) is 2.09.